The fourth-order valence-electron chi connectivity index (χ4n) is 1.63. The summed E-state index contributed by atoms with van der Waals surface area (Å²) >= 11 is 1.65. The molecular weight excluding hydrogens is 282 g/mol. The highest BCUT2D eigenvalue weighted by Gasteiger charge is 2.22. The normalized spacial score (nSPS) is 11.9. The topological polar surface area (TPSA) is 66.1 Å². The highest BCUT2D eigenvalue weighted by atomic mass is 32.2. The van der Waals surface area contributed by atoms with Gasteiger partial charge in [-0.15, -0.1) is 11.8 Å². The van der Waals surface area contributed by atoms with Crippen LogP contribution >= 0.6 is 11.8 Å². The molecule has 0 spiro atoms. The number of nitrogens with zero attached hydrogens (tertiary/aromatic N) is 2. The van der Waals surface area contributed by atoms with Gasteiger partial charge in [0.05, 0.1) is 12.5 Å². The van der Waals surface area contributed by atoms with Gasteiger partial charge in [0.15, 0.2) is 5.03 Å². The summed E-state index contributed by atoms with van der Waals surface area (Å²) in [6.07, 6.45) is 4.67. The van der Waals surface area contributed by atoms with Gasteiger partial charge in [0.25, 0.3) is 10.0 Å². The monoisotopic (exact) mass is 297 g/mol. The van der Waals surface area contributed by atoms with E-state index in [1.54, 1.807) is 18.8 Å². The number of nitrogens with one attached hydrogen (secondary N) is 1. The fourth-order valence-corrected chi connectivity index (χ4v) is 3.08. The van der Waals surface area contributed by atoms with E-state index in [0.717, 1.165) is 10.5 Å². The SMILES string of the molecule is CSc1ccc(CN(C)S(=O)(=O)c2cnc[nH]2)cc1. The average molecular weight is 297 g/mol. The van der Waals surface area contributed by atoms with Crippen LogP contribution in [0, 0.1) is 0 Å². The minimum Gasteiger partial charge on any atom is -0.335 e. The van der Waals surface area contributed by atoms with Gasteiger partial charge in [-0.25, -0.2) is 13.4 Å². The van der Waals surface area contributed by atoms with E-state index in [2.05, 4.69) is 9.97 Å². The molecule has 102 valence electrons. The molecule has 2 rings (SSSR count). The second kappa shape index (κ2) is 5.77. The summed E-state index contributed by atoms with van der Waals surface area (Å²) in [7, 11) is -1.95. The molecule has 0 amide bonds. The molecule has 0 atom stereocenters. The van der Waals surface area contributed by atoms with Crippen LogP contribution in [0.1, 0.15) is 5.56 Å². The first-order valence-corrected chi connectivity index (χ1v) is 8.28. The molecule has 1 heterocycles. The van der Waals surface area contributed by atoms with E-state index < -0.39 is 10.0 Å². The third-order valence-electron chi connectivity index (χ3n) is 2.73. The summed E-state index contributed by atoms with van der Waals surface area (Å²) < 4.78 is 25.6. The second-order valence-corrected chi connectivity index (χ2v) is 6.92. The molecule has 5 nitrogen and oxygen atoms in total. The van der Waals surface area contributed by atoms with Crippen LogP contribution < -0.4 is 0 Å². The number of H-pyrrole nitrogens is 1. The Labute approximate surface area is 117 Å². The minimum atomic E-state index is -3.50. The zero-order valence-electron chi connectivity index (χ0n) is 10.7. The molecule has 1 aromatic carbocycles. The highest BCUT2D eigenvalue weighted by Crippen LogP contribution is 2.18. The number of aromatic nitrogens is 2. The lowest BCUT2D eigenvalue weighted by Crippen LogP contribution is -2.26. The first kappa shape index (κ1) is 14.1. The van der Waals surface area contributed by atoms with E-state index in [4.69, 9.17) is 0 Å². The molecule has 0 radical (unpaired) electrons. The maximum atomic E-state index is 12.2. The Morgan fingerprint density at radius 2 is 2.00 bits per heavy atom. The summed E-state index contributed by atoms with van der Waals surface area (Å²) in [6, 6.07) is 7.84. The molecule has 0 aliphatic carbocycles. The van der Waals surface area contributed by atoms with Crippen molar-refractivity contribution < 1.29 is 8.42 Å². The molecule has 0 fully saturated rings. The van der Waals surface area contributed by atoms with Gasteiger partial charge >= 0.3 is 0 Å². The van der Waals surface area contributed by atoms with Crippen LogP contribution in [0.2, 0.25) is 0 Å². The van der Waals surface area contributed by atoms with Crippen LogP contribution in [0.4, 0.5) is 0 Å². The quantitative estimate of drug-likeness (QED) is 0.857. The number of benzene rings is 1. The second-order valence-electron chi connectivity index (χ2n) is 4.03. The molecule has 0 saturated heterocycles. The third kappa shape index (κ3) is 3.17. The summed E-state index contributed by atoms with van der Waals surface area (Å²) in [5.41, 5.74) is 0.948. The Hall–Kier alpha value is -1.31. The van der Waals surface area contributed by atoms with Crippen molar-refractivity contribution in [1.82, 2.24) is 14.3 Å². The van der Waals surface area contributed by atoms with Gasteiger partial charge in [-0.1, -0.05) is 12.1 Å². The van der Waals surface area contributed by atoms with E-state index in [0.29, 0.717) is 6.54 Å². The number of hydrogen-bond acceptors (Lipinski definition) is 4. The van der Waals surface area contributed by atoms with Crippen molar-refractivity contribution in [3.05, 3.63) is 42.4 Å². The van der Waals surface area contributed by atoms with Gasteiger partial charge < -0.3 is 4.98 Å². The largest absolute Gasteiger partial charge is 0.335 e. The fraction of sp³-hybridized carbons (Fsp3) is 0.250. The summed E-state index contributed by atoms with van der Waals surface area (Å²) in [4.78, 5) is 7.51. The predicted octanol–water partition coefficient (Wildman–Crippen LogP) is 1.95. The molecule has 1 aromatic heterocycles. The number of rotatable bonds is 5. The van der Waals surface area contributed by atoms with E-state index in [9.17, 15) is 8.42 Å². The van der Waals surface area contributed by atoms with E-state index >= 15 is 0 Å². The molecular formula is C12H15N3O2S2. The maximum Gasteiger partial charge on any atom is 0.260 e. The molecule has 1 N–H and O–H groups in total. The standard InChI is InChI=1S/C12H15N3O2S2/c1-15(19(16,17)12-7-13-9-14-12)8-10-3-5-11(18-2)6-4-10/h3-7,9H,8H2,1-2H3,(H,13,14). The van der Waals surface area contributed by atoms with Crippen molar-refractivity contribution in [2.75, 3.05) is 13.3 Å². The van der Waals surface area contributed by atoms with Crippen LogP contribution in [0.25, 0.3) is 0 Å². The van der Waals surface area contributed by atoms with Gasteiger partial charge in [-0.2, -0.15) is 4.31 Å². The Kier molecular flexibility index (Phi) is 4.28. The van der Waals surface area contributed by atoms with Crippen molar-refractivity contribution >= 4 is 21.8 Å². The molecule has 7 heteroatoms. The lowest BCUT2D eigenvalue weighted by molar-refractivity contribution is 0.464. The number of thioether (sulfide) groups is 1. The molecule has 0 bridgehead atoms. The van der Waals surface area contributed by atoms with Crippen molar-refractivity contribution in [1.29, 1.82) is 0 Å². The van der Waals surface area contributed by atoms with Crippen LogP contribution in [-0.2, 0) is 16.6 Å². The first-order chi connectivity index (χ1) is 9.04. The number of sulfonamides is 1. The minimum absolute atomic E-state index is 0.107. The van der Waals surface area contributed by atoms with Gasteiger partial charge in [-0.3, -0.25) is 0 Å². The highest BCUT2D eigenvalue weighted by molar-refractivity contribution is 7.98. The number of imidazole rings is 1. The molecule has 0 aliphatic rings. The predicted molar refractivity (Wildman–Crippen MR) is 75.5 cm³/mol. The number of aromatic amines is 1. The summed E-state index contributed by atoms with van der Waals surface area (Å²) in [5.74, 6) is 0. The molecule has 0 unspecified atom stereocenters. The smallest absolute Gasteiger partial charge is 0.260 e. The van der Waals surface area contributed by atoms with Crippen molar-refractivity contribution in [3.63, 3.8) is 0 Å². The number of hydrogen-bond donors (Lipinski definition) is 1. The Balaban J connectivity index is 2.14. The van der Waals surface area contributed by atoms with E-state index in [-0.39, 0.29) is 5.03 Å². The summed E-state index contributed by atoms with van der Waals surface area (Å²) in [6.45, 7) is 0.329. The van der Waals surface area contributed by atoms with Crippen molar-refractivity contribution in [2.24, 2.45) is 0 Å². The zero-order valence-corrected chi connectivity index (χ0v) is 12.3. The molecule has 2 aromatic rings. The van der Waals surface area contributed by atoms with Gasteiger partial charge in [-0.05, 0) is 24.0 Å². The average Bonchev–Trinajstić information content (AvgIpc) is 2.94. The Morgan fingerprint density at radius 3 is 2.53 bits per heavy atom. The Morgan fingerprint density at radius 1 is 1.32 bits per heavy atom. The van der Waals surface area contributed by atoms with Crippen LogP contribution in [0.3, 0.4) is 0 Å². The molecule has 19 heavy (non-hydrogen) atoms. The van der Waals surface area contributed by atoms with E-state index in [1.807, 2.05) is 30.5 Å². The van der Waals surface area contributed by atoms with Gasteiger partial charge in [0, 0.05) is 18.5 Å². The lowest BCUT2D eigenvalue weighted by atomic mass is 10.2. The van der Waals surface area contributed by atoms with Crippen LogP contribution in [0.5, 0.6) is 0 Å². The van der Waals surface area contributed by atoms with Crippen molar-refractivity contribution in [3.8, 4) is 0 Å². The van der Waals surface area contributed by atoms with Crippen LogP contribution in [0.15, 0.2) is 46.7 Å². The zero-order chi connectivity index (χ0) is 13.9. The Bertz CT molecular complexity index is 622. The summed E-state index contributed by atoms with van der Waals surface area (Å²) in [5, 5.41) is 0.107. The van der Waals surface area contributed by atoms with Crippen LogP contribution in [-0.4, -0.2) is 36.0 Å². The molecule has 0 saturated carbocycles. The molecule has 0 aliphatic heterocycles. The van der Waals surface area contributed by atoms with Gasteiger partial charge in [0.2, 0.25) is 0 Å². The van der Waals surface area contributed by atoms with Gasteiger partial charge in [0.1, 0.15) is 0 Å². The van der Waals surface area contributed by atoms with Crippen molar-refractivity contribution in [2.45, 2.75) is 16.5 Å². The van der Waals surface area contributed by atoms with E-state index in [1.165, 1.54) is 16.8 Å². The maximum absolute atomic E-state index is 12.2. The first-order valence-electron chi connectivity index (χ1n) is 5.61. The third-order valence-corrected chi connectivity index (χ3v) is 5.20. The lowest BCUT2D eigenvalue weighted by Gasteiger charge is -2.16.